The normalized spacial score (nSPS) is 19.5. The SMILES string of the molecule is COc1cccc(-c2ccc(C(=O)N3CCN4C(=O)CNC(=O)C4C3)o2)c1. The molecule has 0 spiro atoms. The Bertz CT molecular complexity index is 906. The molecule has 27 heavy (non-hydrogen) atoms. The number of benzene rings is 1. The molecule has 0 aliphatic carbocycles. The number of methoxy groups -OCH3 is 1. The van der Waals surface area contributed by atoms with Crippen molar-refractivity contribution in [3.05, 3.63) is 42.2 Å². The summed E-state index contributed by atoms with van der Waals surface area (Å²) in [6.45, 7) is 0.882. The maximum absolute atomic E-state index is 12.8. The van der Waals surface area contributed by atoms with Crippen molar-refractivity contribution >= 4 is 17.7 Å². The number of ether oxygens (including phenoxy) is 1. The lowest BCUT2D eigenvalue weighted by atomic mass is 10.1. The van der Waals surface area contributed by atoms with Gasteiger partial charge in [0.15, 0.2) is 5.76 Å². The molecule has 0 saturated carbocycles. The first-order valence-corrected chi connectivity index (χ1v) is 8.67. The molecule has 1 atom stereocenters. The molecule has 3 amide bonds. The third-order valence-electron chi connectivity index (χ3n) is 4.88. The first kappa shape index (κ1) is 17.1. The van der Waals surface area contributed by atoms with Gasteiger partial charge in [0, 0.05) is 18.7 Å². The molecule has 8 nitrogen and oxygen atoms in total. The minimum atomic E-state index is -0.642. The molecule has 2 aromatic rings. The van der Waals surface area contributed by atoms with Gasteiger partial charge in [-0.3, -0.25) is 14.4 Å². The number of fused-ring (bicyclic) bond motifs is 1. The summed E-state index contributed by atoms with van der Waals surface area (Å²) in [5, 5.41) is 2.56. The molecule has 0 bridgehead atoms. The summed E-state index contributed by atoms with van der Waals surface area (Å²) in [5.41, 5.74) is 0.801. The van der Waals surface area contributed by atoms with Crippen molar-refractivity contribution in [1.29, 1.82) is 0 Å². The monoisotopic (exact) mass is 369 g/mol. The third kappa shape index (κ3) is 3.14. The number of piperazine rings is 2. The number of carbonyl (C=O) groups is 3. The summed E-state index contributed by atoms with van der Waals surface area (Å²) in [4.78, 5) is 39.8. The van der Waals surface area contributed by atoms with Crippen LogP contribution >= 0.6 is 0 Å². The quantitative estimate of drug-likeness (QED) is 0.862. The van der Waals surface area contributed by atoms with Gasteiger partial charge < -0.3 is 24.3 Å². The van der Waals surface area contributed by atoms with E-state index in [0.29, 0.717) is 24.6 Å². The van der Waals surface area contributed by atoms with Crippen LogP contribution < -0.4 is 10.1 Å². The molecular weight excluding hydrogens is 350 g/mol. The lowest BCUT2D eigenvalue weighted by Gasteiger charge is -2.42. The van der Waals surface area contributed by atoms with Crippen molar-refractivity contribution in [1.82, 2.24) is 15.1 Å². The average molecular weight is 369 g/mol. The van der Waals surface area contributed by atoms with E-state index in [1.807, 2.05) is 24.3 Å². The predicted octanol–water partition coefficient (Wildman–Crippen LogP) is 0.738. The number of rotatable bonds is 3. The number of hydrogen-bond donors (Lipinski definition) is 1. The lowest BCUT2D eigenvalue weighted by molar-refractivity contribution is -0.148. The molecule has 1 aromatic heterocycles. The number of nitrogens with one attached hydrogen (secondary N) is 1. The lowest BCUT2D eigenvalue weighted by Crippen LogP contribution is -2.66. The van der Waals surface area contributed by atoms with Gasteiger partial charge in [0.2, 0.25) is 11.8 Å². The van der Waals surface area contributed by atoms with E-state index < -0.39 is 6.04 Å². The zero-order chi connectivity index (χ0) is 19.0. The number of furan rings is 1. The second-order valence-corrected chi connectivity index (χ2v) is 6.47. The van der Waals surface area contributed by atoms with Crippen molar-refractivity contribution in [2.24, 2.45) is 0 Å². The first-order chi connectivity index (χ1) is 13.1. The van der Waals surface area contributed by atoms with Crippen LogP contribution in [0.5, 0.6) is 5.75 Å². The van der Waals surface area contributed by atoms with E-state index in [4.69, 9.17) is 9.15 Å². The van der Waals surface area contributed by atoms with Gasteiger partial charge in [0.25, 0.3) is 5.91 Å². The summed E-state index contributed by atoms with van der Waals surface area (Å²) >= 11 is 0. The Balaban J connectivity index is 1.51. The van der Waals surface area contributed by atoms with Crippen molar-refractivity contribution in [2.45, 2.75) is 6.04 Å². The smallest absolute Gasteiger partial charge is 0.289 e. The Morgan fingerprint density at radius 3 is 2.89 bits per heavy atom. The van der Waals surface area contributed by atoms with Gasteiger partial charge in [-0.15, -0.1) is 0 Å². The minimum Gasteiger partial charge on any atom is -0.497 e. The number of carbonyl (C=O) groups excluding carboxylic acids is 3. The molecule has 2 aliphatic rings. The fraction of sp³-hybridized carbons (Fsp3) is 0.316. The van der Waals surface area contributed by atoms with E-state index in [1.54, 1.807) is 24.1 Å². The van der Waals surface area contributed by atoms with Crippen LogP contribution in [0.1, 0.15) is 10.6 Å². The van der Waals surface area contributed by atoms with Crippen molar-refractivity contribution < 1.29 is 23.5 Å². The molecule has 1 N–H and O–H groups in total. The highest BCUT2D eigenvalue weighted by molar-refractivity contribution is 5.97. The van der Waals surface area contributed by atoms with Gasteiger partial charge in [-0.25, -0.2) is 0 Å². The second-order valence-electron chi connectivity index (χ2n) is 6.47. The van der Waals surface area contributed by atoms with Gasteiger partial charge in [0.1, 0.15) is 17.6 Å². The highest BCUT2D eigenvalue weighted by Crippen LogP contribution is 2.26. The van der Waals surface area contributed by atoms with Crippen LogP contribution in [-0.2, 0) is 9.59 Å². The third-order valence-corrected chi connectivity index (χ3v) is 4.88. The van der Waals surface area contributed by atoms with Crippen molar-refractivity contribution in [2.75, 3.05) is 33.3 Å². The largest absolute Gasteiger partial charge is 0.497 e. The summed E-state index contributed by atoms with van der Waals surface area (Å²) in [7, 11) is 1.59. The fourth-order valence-electron chi connectivity index (χ4n) is 3.41. The zero-order valence-electron chi connectivity index (χ0n) is 14.8. The Morgan fingerprint density at radius 2 is 2.07 bits per heavy atom. The molecule has 4 rings (SSSR count). The van der Waals surface area contributed by atoms with E-state index in [-0.39, 0.29) is 36.6 Å². The van der Waals surface area contributed by atoms with E-state index in [1.165, 1.54) is 4.90 Å². The molecule has 2 fully saturated rings. The van der Waals surface area contributed by atoms with Gasteiger partial charge in [-0.1, -0.05) is 12.1 Å². The Kier molecular flexibility index (Phi) is 4.31. The van der Waals surface area contributed by atoms with E-state index in [0.717, 1.165) is 5.56 Å². The topological polar surface area (TPSA) is 92.1 Å². The van der Waals surface area contributed by atoms with Gasteiger partial charge >= 0.3 is 0 Å². The number of hydrogen-bond acceptors (Lipinski definition) is 5. The molecule has 3 heterocycles. The van der Waals surface area contributed by atoms with E-state index in [2.05, 4.69) is 5.32 Å². The first-order valence-electron chi connectivity index (χ1n) is 8.67. The predicted molar refractivity (Wildman–Crippen MR) is 95.1 cm³/mol. The summed E-state index contributed by atoms with van der Waals surface area (Å²) in [6, 6.07) is 10.1. The van der Waals surface area contributed by atoms with Crippen molar-refractivity contribution in [3.63, 3.8) is 0 Å². The molecule has 8 heteroatoms. The summed E-state index contributed by atoms with van der Waals surface area (Å²) in [6.07, 6.45) is 0. The molecule has 2 saturated heterocycles. The highest BCUT2D eigenvalue weighted by Gasteiger charge is 2.40. The Labute approximate surface area is 155 Å². The van der Waals surface area contributed by atoms with Crippen LogP contribution in [0.4, 0.5) is 0 Å². The standard InChI is InChI=1S/C19H19N3O5/c1-26-13-4-2-3-12(9-13)15-5-6-16(27-15)19(25)21-7-8-22-14(11-21)18(24)20-10-17(22)23/h2-6,9,14H,7-8,10-11H2,1H3,(H,20,24). The number of amides is 3. The molecule has 1 aromatic carbocycles. The van der Waals surface area contributed by atoms with Crippen LogP contribution in [0.15, 0.2) is 40.8 Å². The molecular formula is C19H19N3O5. The van der Waals surface area contributed by atoms with Crippen LogP contribution in [0.25, 0.3) is 11.3 Å². The number of nitrogens with zero attached hydrogens (tertiary/aromatic N) is 2. The maximum atomic E-state index is 12.8. The molecule has 1 unspecified atom stereocenters. The van der Waals surface area contributed by atoms with E-state index in [9.17, 15) is 14.4 Å². The van der Waals surface area contributed by atoms with Gasteiger partial charge in [0.05, 0.1) is 20.2 Å². The van der Waals surface area contributed by atoms with E-state index >= 15 is 0 Å². The molecule has 2 aliphatic heterocycles. The summed E-state index contributed by atoms with van der Waals surface area (Å²) in [5.74, 6) is 0.800. The summed E-state index contributed by atoms with van der Waals surface area (Å²) < 4.78 is 10.9. The molecule has 0 radical (unpaired) electrons. The van der Waals surface area contributed by atoms with Gasteiger partial charge in [-0.05, 0) is 24.3 Å². The molecule has 140 valence electrons. The Hall–Kier alpha value is -3.29. The Morgan fingerprint density at radius 1 is 1.22 bits per heavy atom. The second kappa shape index (κ2) is 6.79. The van der Waals surface area contributed by atoms with Crippen LogP contribution in [0.3, 0.4) is 0 Å². The van der Waals surface area contributed by atoms with Crippen molar-refractivity contribution in [3.8, 4) is 17.1 Å². The van der Waals surface area contributed by atoms with Crippen LogP contribution in [0.2, 0.25) is 0 Å². The van der Waals surface area contributed by atoms with Crippen LogP contribution in [0, 0.1) is 0 Å². The average Bonchev–Trinajstić information content (AvgIpc) is 3.20. The van der Waals surface area contributed by atoms with Gasteiger partial charge in [-0.2, -0.15) is 0 Å². The zero-order valence-corrected chi connectivity index (χ0v) is 14.8. The maximum Gasteiger partial charge on any atom is 0.289 e. The van der Waals surface area contributed by atoms with Crippen LogP contribution in [-0.4, -0.2) is 66.9 Å². The fourth-order valence-corrected chi connectivity index (χ4v) is 3.41. The minimum absolute atomic E-state index is 0.0192. The highest BCUT2D eigenvalue weighted by atomic mass is 16.5.